The fraction of sp³-hybridized carbons (Fsp3) is 0.263. The molecule has 1 amide bonds. The lowest BCUT2D eigenvalue weighted by Crippen LogP contribution is -2.41. The van der Waals surface area contributed by atoms with Crippen molar-refractivity contribution in [1.82, 2.24) is 0 Å². The van der Waals surface area contributed by atoms with E-state index in [1.165, 1.54) is 24.4 Å². The summed E-state index contributed by atoms with van der Waals surface area (Å²) in [6, 6.07) is 15.9. The van der Waals surface area contributed by atoms with Crippen LogP contribution in [0.3, 0.4) is 0 Å². The summed E-state index contributed by atoms with van der Waals surface area (Å²) in [6.07, 6.45) is 0.0821. The Bertz CT molecular complexity index is 757. The molecule has 1 aliphatic rings. The second-order valence-corrected chi connectivity index (χ2v) is 7.01. The Morgan fingerprint density at radius 2 is 1.88 bits per heavy atom. The van der Waals surface area contributed by atoms with E-state index in [9.17, 15) is 9.59 Å². The second-order valence-electron chi connectivity index (χ2n) is 5.76. The number of esters is 1. The molecular formula is C19H19NO3S. The van der Waals surface area contributed by atoms with Crippen molar-refractivity contribution in [3.05, 3.63) is 59.7 Å². The van der Waals surface area contributed by atoms with E-state index < -0.39 is 5.25 Å². The van der Waals surface area contributed by atoms with E-state index in [1.54, 1.807) is 4.90 Å². The van der Waals surface area contributed by atoms with Crippen molar-refractivity contribution in [2.75, 3.05) is 12.0 Å². The van der Waals surface area contributed by atoms with Crippen molar-refractivity contribution >= 4 is 29.3 Å². The number of nitrogens with zero attached hydrogens (tertiary/aromatic N) is 1. The van der Waals surface area contributed by atoms with Crippen molar-refractivity contribution in [2.45, 2.75) is 30.0 Å². The van der Waals surface area contributed by atoms with Gasteiger partial charge in [-0.05, 0) is 24.6 Å². The van der Waals surface area contributed by atoms with Crippen LogP contribution in [0.4, 0.5) is 5.69 Å². The number of aryl methyl sites for hydroxylation is 1. The minimum absolute atomic E-state index is 0.0512. The SMILES string of the molecule is COC(=O)CC1Sc2ccccc2N(Cc2ccc(C)cc2)C1=O. The van der Waals surface area contributed by atoms with Gasteiger partial charge in [0, 0.05) is 4.90 Å². The summed E-state index contributed by atoms with van der Waals surface area (Å²) >= 11 is 1.43. The normalized spacial score (nSPS) is 16.7. The number of hydrogen-bond acceptors (Lipinski definition) is 4. The average Bonchev–Trinajstić information content (AvgIpc) is 2.60. The smallest absolute Gasteiger partial charge is 0.307 e. The fourth-order valence-corrected chi connectivity index (χ4v) is 3.89. The van der Waals surface area contributed by atoms with Crippen molar-refractivity contribution < 1.29 is 14.3 Å². The molecule has 0 spiro atoms. The van der Waals surface area contributed by atoms with Gasteiger partial charge in [0.1, 0.15) is 0 Å². The van der Waals surface area contributed by atoms with Gasteiger partial charge in [-0.1, -0.05) is 42.0 Å². The van der Waals surface area contributed by atoms with E-state index in [1.807, 2.05) is 55.5 Å². The molecule has 4 nitrogen and oxygen atoms in total. The number of para-hydroxylation sites is 1. The van der Waals surface area contributed by atoms with Crippen LogP contribution in [-0.4, -0.2) is 24.2 Å². The number of fused-ring (bicyclic) bond motifs is 1. The summed E-state index contributed by atoms with van der Waals surface area (Å²) in [5.41, 5.74) is 3.14. The largest absolute Gasteiger partial charge is 0.469 e. The van der Waals surface area contributed by atoms with Crippen LogP contribution in [0, 0.1) is 6.92 Å². The molecule has 0 saturated carbocycles. The molecule has 24 heavy (non-hydrogen) atoms. The van der Waals surface area contributed by atoms with Gasteiger partial charge in [-0.2, -0.15) is 0 Å². The summed E-state index contributed by atoms with van der Waals surface area (Å²) in [4.78, 5) is 27.3. The minimum Gasteiger partial charge on any atom is -0.469 e. The minimum atomic E-state index is -0.446. The van der Waals surface area contributed by atoms with Crippen LogP contribution in [-0.2, 0) is 20.9 Å². The van der Waals surface area contributed by atoms with E-state index in [4.69, 9.17) is 4.74 Å². The first-order valence-electron chi connectivity index (χ1n) is 7.78. The summed E-state index contributed by atoms with van der Waals surface area (Å²) in [6.45, 7) is 2.53. The maximum atomic E-state index is 12.9. The molecule has 0 N–H and O–H groups in total. The molecule has 0 fully saturated rings. The molecule has 3 rings (SSSR count). The number of ether oxygens (including phenoxy) is 1. The fourth-order valence-electron chi connectivity index (χ4n) is 2.68. The van der Waals surface area contributed by atoms with E-state index in [0.717, 1.165) is 16.1 Å². The molecule has 2 aromatic carbocycles. The average molecular weight is 341 g/mol. The van der Waals surface area contributed by atoms with Gasteiger partial charge in [0.2, 0.25) is 5.91 Å². The topological polar surface area (TPSA) is 46.6 Å². The quantitative estimate of drug-likeness (QED) is 0.798. The van der Waals surface area contributed by atoms with Gasteiger partial charge in [-0.15, -0.1) is 11.8 Å². The number of hydrogen-bond donors (Lipinski definition) is 0. The predicted molar refractivity (Wildman–Crippen MR) is 95.1 cm³/mol. The lowest BCUT2D eigenvalue weighted by atomic mass is 10.1. The number of amides is 1. The number of benzene rings is 2. The van der Waals surface area contributed by atoms with Crippen LogP contribution < -0.4 is 4.90 Å². The molecule has 0 aromatic heterocycles. The van der Waals surface area contributed by atoms with Crippen molar-refractivity contribution in [1.29, 1.82) is 0 Å². The summed E-state index contributed by atoms with van der Waals surface area (Å²) in [7, 11) is 1.35. The number of methoxy groups -OCH3 is 1. The van der Waals surface area contributed by atoms with Crippen molar-refractivity contribution in [3.8, 4) is 0 Å². The number of carbonyl (C=O) groups excluding carboxylic acids is 2. The van der Waals surface area contributed by atoms with E-state index in [-0.39, 0.29) is 18.3 Å². The summed E-state index contributed by atoms with van der Waals surface area (Å²) in [5, 5.41) is -0.446. The molecule has 0 radical (unpaired) electrons. The van der Waals surface area contributed by atoms with Crippen LogP contribution in [0.1, 0.15) is 17.5 Å². The molecule has 124 valence electrons. The molecule has 1 heterocycles. The van der Waals surface area contributed by atoms with Crippen LogP contribution >= 0.6 is 11.8 Å². The molecule has 0 saturated heterocycles. The molecule has 0 bridgehead atoms. The Morgan fingerprint density at radius 1 is 1.17 bits per heavy atom. The van der Waals surface area contributed by atoms with Crippen molar-refractivity contribution in [2.24, 2.45) is 0 Å². The third-order valence-corrected chi connectivity index (χ3v) is 5.26. The number of anilines is 1. The highest BCUT2D eigenvalue weighted by Crippen LogP contribution is 2.40. The Hall–Kier alpha value is -2.27. The lowest BCUT2D eigenvalue weighted by Gasteiger charge is -2.33. The maximum Gasteiger partial charge on any atom is 0.307 e. The van der Waals surface area contributed by atoms with E-state index >= 15 is 0 Å². The van der Waals surface area contributed by atoms with Gasteiger partial charge >= 0.3 is 5.97 Å². The summed E-state index contributed by atoms with van der Waals surface area (Å²) in [5.74, 6) is -0.416. The number of carbonyl (C=O) groups is 2. The van der Waals surface area contributed by atoms with Gasteiger partial charge in [-0.25, -0.2) is 0 Å². The summed E-state index contributed by atoms with van der Waals surface area (Å²) < 4.78 is 4.73. The van der Waals surface area contributed by atoms with Crippen LogP contribution in [0.2, 0.25) is 0 Å². The first-order chi connectivity index (χ1) is 11.6. The predicted octanol–water partition coefficient (Wildman–Crippen LogP) is 3.57. The molecule has 2 aromatic rings. The van der Waals surface area contributed by atoms with Gasteiger partial charge < -0.3 is 9.64 Å². The highest BCUT2D eigenvalue weighted by Gasteiger charge is 2.35. The highest BCUT2D eigenvalue weighted by molar-refractivity contribution is 8.01. The molecule has 0 aliphatic carbocycles. The maximum absolute atomic E-state index is 12.9. The third-order valence-electron chi connectivity index (χ3n) is 4.01. The number of rotatable bonds is 4. The second kappa shape index (κ2) is 7.09. The van der Waals surface area contributed by atoms with Crippen LogP contribution in [0.5, 0.6) is 0 Å². The van der Waals surface area contributed by atoms with Crippen LogP contribution in [0.25, 0.3) is 0 Å². The third kappa shape index (κ3) is 3.46. The zero-order valence-electron chi connectivity index (χ0n) is 13.7. The Kier molecular flexibility index (Phi) is 4.90. The Balaban J connectivity index is 1.91. The van der Waals surface area contributed by atoms with Gasteiger partial charge in [0.25, 0.3) is 0 Å². The van der Waals surface area contributed by atoms with E-state index in [0.29, 0.717) is 6.54 Å². The zero-order valence-corrected chi connectivity index (χ0v) is 14.5. The molecule has 5 heteroatoms. The molecule has 1 atom stereocenters. The standard InChI is InChI=1S/C19H19NO3S/c1-13-7-9-14(10-8-13)12-20-15-5-3-4-6-16(15)24-17(19(20)22)11-18(21)23-2/h3-10,17H,11-12H2,1-2H3. The molecule has 1 unspecified atom stereocenters. The Labute approximate surface area is 145 Å². The number of thioether (sulfide) groups is 1. The zero-order chi connectivity index (χ0) is 17.1. The molecule has 1 aliphatic heterocycles. The lowest BCUT2D eigenvalue weighted by molar-refractivity contribution is -0.141. The van der Waals surface area contributed by atoms with E-state index in [2.05, 4.69) is 0 Å². The monoisotopic (exact) mass is 341 g/mol. The van der Waals surface area contributed by atoms with Gasteiger partial charge in [-0.3, -0.25) is 9.59 Å². The first kappa shape index (κ1) is 16.6. The van der Waals surface area contributed by atoms with Gasteiger partial charge in [0.05, 0.1) is 31.0 Å². The first-order valence-corrected chi connectivity index (χ1v) is 8.66. The highest BCUT2D eigenvalue weighted by atomic mass is 32.2. The molecular weight excluding hydrogens is 322 g/mol. The van der Waals surface area contributed by atoms with Gasteiger partial charge in [0.15, 0.2) is 0 Å². The Morgan fingerprint density at radius 3 is 2.58 bits per heavy atom. The van der Waals surface area contributed by atoms with Crippen molar-refractivity contribution in [3.63, 3.8) is 0 Å². The van der Waals surface area contributed by atoms with Crippen LogP contribution in [0.15, 0.2) is 53.4 Å².